The predicted octanol–water partition coefficient (Wildman–Crippen LogP) is 2.13. The highest BCUT2D eigenvalue weighted by Gasteiger charge is 2.16. The summed E-state index contributed by atoms with van der Waals surface area (Å²) < 4.78 is 10.8. The van der Waals surface area contributed by atoms with Crippen LogP contribution in [-0.2, 0) is 6.61 Å². The topological polar surface area (TPSA) is 121 Å². The smallest absolute Gasteiger partial charge is 0.287 e. The lowest BCUT2D eigenvalue weighted by molar-refractivity contribution is -0.385. The minimum absolute atomic E-state index is 0.0115. The maximum absolute atomic E-state index is 11.3. The zero-order valence-corrected chi connectivity index (χ0v) is 12.1. The minimum atomic E-state index is -0.520. The molecule has 0 radical (unpaired) electrons. The Hall–Kier alpha value is -2.39. The lowest BCUT2D eigenvalue weighted by Crippen LogP contribution is -2.29. The minimum Gasteiger partial charge on any atom is -0.484 e. The molecule has 2 aromatic rings. The van der Waals surface area contributed by atoms with Gasteiger partial charge >= 0.3 is 0 Å². The number of hydrazine groups is 1. The highest BCUT2D eigenvalue weighted by molar-refractivity contribution is 9.10. The summed E-state index contributed by atoms with van der Waals surface area (Å²) in [6.07, 6.45) is 1.24. The first-order chi connectivity index (χ1) is 10.0. The van der Waals surface area contributed by atoms with E-state index in [-0.39, 0.29) is 22.3 Å². The summed E-state index contributed by atoms with van der Waals surface area (Å²) in [6.45, 7) is 0.0115. The monoisotopic (exact) mass is 355 g/mol. The molecule has 0 fully saturated rings. The normalized spacial score (nSPS) is 10.2. The first-order valence-corrected chi connectivity index (χ1v) is 6.46. The Labute approximate surface area is 127 Å². The number of nitro benzene ring substituents is 1. The Morgan fingerprint density at radius 2 is 2.29 bits per heavy atom. The molecular formula is C12H10BrN3O5. The molecule has 1 aromatic heterocycles. The van der Waals surface area contributed by atoms with Gasteiger partial charge in [-0.05, 0) is 28.1 Å². The van der Waals surface area contributed by atoms with Crippen LogP contribution < -0.4 is 16.0 Å². The summed E-state index contributed by atoms with van der Waals surface area (Å²) in [6, 6.07) is 5.90. The number of nitrogen functional groups attached to an aromatic ring is 1. The number of halogens is 1. The second-order valence-corrected chi connectivity index (χ2v) is 4.70. The van der Waals surface area contributed by atoms with Gasteiger partial charge < -0.3 is 9.15 Å². The molecule has 1 aromatic carbocycles. The largest absolute Gasteiger partial charge is 0.484 e. The van der Waals surface area contributed by atoms with Crippen molar-refractivity contribution in [1.82, 2.24) is 5.43 Å². The molecule has 0 spiro atoms. The van der Waals surface area contributed by atoms with Gasteiger partial charge in [-0.2, -0.15) is 0 Å². The number of carbonyl (C=O) groups excluding carboxylic acids is 1. The van der Waals surface area contributed by atoms with Gasteiger partial charge in [0.25, 0.3) is 11.6 Å². The van der Waals surface area contributed by atoms with Crippen LogP contribution in [0.4, 0.5) is 5.69 Å². The van der Waals surface area contributed by atoms with Crippen LogP contribution >= 0.6 is 15.9 Å². The van der Waals surface area contributed by atoms with E-state index in [0.29, 0.717) is 11.5 Å². The third kappa shape index (κ3) is 3.38. The molecule has 1 heterocycles. The van der Waals surface area contributed by atoms with Crippen LogP contribution in [0.2, 0.25) is 0 Å². The molecule has 3 N–H and O–H groups in total. The van der Waals surface area contributed by atoms with E-state index < -0.39 is 10.8 Å². The van der Waals surface area contributed by atoms with Gasteiger partial charge in [-0.15, -0.1) is 0 Å². The number of nitrogens with one attached hydrogen (secondary N) is 1. The van der Waals surface area contributed by atoms with Crippen LogP contribution in [0, 0.1) is 10.1 Å². The third-order valence-corrected chi connectivity index (χ3v) is 3.35. The van der Waals surface area contributed by atoms with Crippen molar-refractivity contribution in [2.24, 2.45) is 5.84 Å². The van der Waals surface area contributed by atoms with Gasteiger partial charge in [-0.25, -0.2) is 5.84 Å². The quantitative estimate of drug-likeness (QED) is 0.366. The molecule has 110 valence electrons. The SMILES string of the molecule is NNC(=O)c1coc(COc2cccc([N+](=O)[O-])c2Br)c1. The Balaban J connectivity index is 2.10. The van der Waals surface area contributed by atoms with Crippen LogP contribution in [-0.4, -0.2) is 10.8 Å². The Morgan fingerprint density at radius 3 is 2.95 bits per heavy atom. The molecule has 0 aliphatic carbocycles. The second-order valence-electron chi connectivity index (χ2n) is 3.91. The highest BCUT2D eigenvalue weighted by atomic mass is 79.9. The maximum atomic E-state index is 11.3. The number of benzene rings is 1. The van der Waals surface area contributed by atoms with Crippen molar-refractivity contribution < 1.29 is 18.9 Å². The number of carbonyl (C=O) groups is 1. The van der Waals surface area contributed by atoms with Crippen molar-refractivity contribution in [2.75, 3.05) is 0 Å². The highest BCUT2D eigenvalue weighted by Crippen LogP contribution is 2.34. The van der Waals surface area contributed by atoms with Crippen LogP contribution in [0.25, 0.3) is 0 Å². The molecule has 0 saturated heterocycles. The van der Waals surface area contributed by atoms with E-state index in [1.807, 2.05) is 5.43 Å². The molecule has 8 nitrogen and oxygen atoms in total. The molecule has 0 atom stereocenters. The van der Waals surface area contributed by atoms with Crippen molar-refractivity contribution in [3.8, 4) is 5.75 Å². The molecule has 1 amide bonds. The van der Waals surface area contributed by atoms with Crippen molar-refractivity contribution in [2.45, 2.75) is 6.61 Å². The first kappa shape index (κ1) is 15.0. The number of furan rings is 1. The lowest BCUT2D eigenvalue weighted by atomic mass is 10.3. The molecule has 0 bridgehead atoms. The molecule has 21 heavy (non-hydrogen) atoms. The zero-order valence-electron chi connectivity index (χ0n) is 10.5. The number of rotatable bonds is 5. The van der Waals surface area contributed by atoms with E-state index >= 15 is 0 Å². The van der Waals surface area contributed by atoms with E-state index in [1.165, 1.54) is 24.5 Å². The summed E-state index contributed by atoms with van der Waals surface area (Å²) in [5.74, 6) is 5.19. The van der Waals surface area contributed by atoms with E-state index in [1.54, 1.807) is 6.07 Å². The zero-order chi connectivity index (χ0) is 15.4. The molecule has 0 saturated carbocycles. The first-order valence-electron chi connectivity index (χ1n) is 5.67. The van der Waals surface area contributed by atoms with Gasteiger partial charge in [0.05, 0.1) is 10.5 Å². The van der Waals surface area contributed by atoms with Gasteiger partial charge in [0, 0.05) is 6.07 Å². The van der Waals surface area contributed by atoms with Crippen molar-refractivity contribution in [1.29, 1.82) is 0 Å². The maximum Gasteiger partial charge on any atom is 0.287 e. The second kappa shape index (κ2) is 6.37. The lowest BCUT2D eigenvalue weighted by Gasteiger charge is -2.06. The van der Waals surface area contributed by atoms with Crippen LogP contribution in [0.5, 0.6) is 5.75 Å². The van der Waals surface area contributed by atoms with E-state index in [0.717, 1.165) is 0 Å². The van der Waals surface area contributed by atoms with Crippen LogP contribution in [0.15, 0.2) is 39.4 Å². The van der Waals surface area contributed by atoms with E-state index in [2.05, 4.69) is 15.9 Å². The standard InChI is InChI=1S/C12H10BrN3O5/c13-11-9(16(18)19)2-1-3-10(11)21-6-8-4-7(5-20-8)12(17)15-14/h1-5H,6,14H2,(H,15,17). The van der Waals surface area contributed by atoms with Crippen molar-refractivity contribution in [3.05, 3.63) is 56.4 Å². The molecule has 2 rings (SSSR count). The predicted molar refractivity (Wildman–Crippen MR) is 75.5 cm³/mol. The fourth-order valence-corrected chi connectivity index (χ4v) is 2.08. The number of hydrogen-bond donors (Lipinski definition) is 2. The van der Waals surface area contributed by atoms with Gasteiger partial charge in [-0.1, -0.05) is 6.07 Å². The summed E-state index contributed by atoms with van der Waals surface area (Å²) in [4.78, 5) is 21.5. The summed E-state index contributed by atoms with van der Waals surface area (Å²) in [7, 11) is 0. The van der Waals surface area contributed by atoms with Gasteiger partial charge in [0.2, 0.25) is 0 Å². The van der Waals surface area contributed by atoms with Crippen LogP contribution in [0.3, 0.4) is 0 Å². The fraction of sp³-hybridized carbons (Fsp3) is 0.0833. The molecule has 0 aliphatic heterocycles. The average molecular weight is 356 g/mol. The van der Waals surface area contributed by atoms with E-state index in [9.17, 15) is 14.9 Å². The Morgan fingerprint density at radius 1 is 1.52 bits per heavy atom. The summed E-state index contributed by atoms with van der Waals surface area (Å²) >= 11 is 3.12. The van der Waals surface area contributed by atoms with Gasteiger partial charge in [0.15, 0.2) is 0 Å². The summed E-state index contributed by atoms with van der Waals surface area (Å²) in [5.41, 5.74) is 2.13. The fourth-order valence-electron chi connectivity index (χ4n) is 1.56. The van der Waals surface area contributed by atoms with Gasteiger partial charge in [-0.3, -0.25) is 20.3 Å². The van der Waals surface area contributed by atoms with Crippen LogP contribution in [0.1, 0.15) is 16.1 Å². The number of ether oxygens (including phenoxy) is 1. The van der Waals surface area contributed by atoms with Crippen molar-refractivity contribution >= 4 is 27.5 Å². The Kier molecular flexibility index (Phi) is 4.55. The molecular weight excluding hydrogens is 346 g/mol. The number of nitro groups is 1. The number of nitrogens with zero attached hydrogens (tertiary/aromatic N) is 1. The number of nitrogens with two attached hydrogens (primary N) is 1. The van der Waals surface area contributed by atoms with Gasteiger partial charge in [0.1, 0.15) is 28.9 Å². The number of amides is 1. The summed E-state index contributed by atoms with van der Waals surface area (Å²) in [5, 5.41) is 10.8. The van der Waals surface area contributed by atoms with E-state index in [4.69, 9.17) is 15.0 Å². The van der Waals surface area contributed by atoms with Crippen molar-refractivity contribution in [3.63, 3.8) is 0 Å². The Bertz CT molecular complexity index is 685. The molecule has 9 heteroatoms. The average Bonchev–Trinajstić information content (AvgIpc) is 2.94. The number of hydrogen-bond acceptors (Lipinski definition) is 6. The third-order valence-electron chi connectivity index (χ3n) is 2.56. The molecule has 0 unspecified atom stereocenters. The molecule has 0 aliphatic rings.